The summed E-state index contributed by atoms with van der Waals surface area (Å²) in [4.78, 5) is 0. The van der Waals surface area contributed by atoms with Gasteiger partial charge in [0.1, 0.15) is 0 Å². The van der Waals surface area contributed by atoms with Gasteiger partial charge in [0.15, 0.2) is 0 Å². The number of aromatic nitrogens is 3. The van der Waals surface area contributed by atoms with Crippen LogP contribution in [-0.2, 0) is 17.8 Å². The van der Waals surface area contributed by atoms with Crippen molar-refractivity contribution in [2.24, 2.45) is 5.92 Å². The molecular weight excluding hydrogens is 216 g/mol. The number of ether oxygens (including phenoxy) is 1. The number of nitrogens with one attached hydrogen (secondary N) is 1. The van der Waals surface area contributed by atoms with Gasteiger partial charge < -0.3 is 10.1 Å². The molecule has 3 rings (SSSR count). The average Bonchev–Trinajstić information content (AvgIpc) is 3.09. The molecule has 1 N–H and O–H groups in total. The molecule has 1 aromatic heterocycles. The van der Waals surface area contributed by atoms with Crippen LogP contribution in [0.1, 0.15) is 31.4 Å². The molecular formula is C12H20N4O. The Morgan fingerprint density at radius 1 is 1.29 bits per heavy atom. The Bertz CT molecular complexity index is 355. The second-order valence-electron chi connectivity index (χ2n) is 5.14. The maximum Gasteiger partial charge on any atom is 0.0964 e. The third kappa shape index (κ3) is 3.26. The van der Waals surface area contributed by atoms with E-state index < -0.39 is 0 Å². The van der Waals surface area contributed by atoms with Crippen LogP contribution in [0.15, 0.2) is 6.20 Å². The third-order valence-corrected chi connectivity index (χ3v) is 3.52. The summed E-state index contributed by atoms with van der Waals surface area (Å²) in [6, 6.07) is 0.732. The number of hydrogen-bond donors (Lipinski definition) is 1. The minimum atomic E-state index is 0.703. The van der Waals surface area contributed by atoms with Gasteiger partial charge in [-0.25, -0.2) is 0 Å². The molecule has 5 nitrogen and oxygen atoms in total. The van der Waals surface area contributed by atoms with Crippen molar-refractivity contribution < 1.29 is 4.74 Å². The average molecular weight is 236 g/mol. The second kappa shape index (κ2) is 5.14. The second-order valence-corrected chi connectivity index (χ2v) is 5.14. The van der Waals surface area contributed by atoms with Gasteiger partial charge in [0.05, 0.1) is 5.69 Å². The molecule has 0 radical (unpaired) electrons. The monoisotopic (exact) mass is 236 g/mol. The molecule has 1 aliphatic heterocycles. The van der Waals surface area contributed by atoms with Crippen molar-refractivity contribution in [2.75, 3.05) is 13.2 Å². The van der Waals surface area contributed by atoms with Gasteiger partial charge in [0, 0.05) is 38.5 Å². The quantitative estimate of drug-likeness (QED) is 0.827. The van der Waals surface area contributed by atoms with E-state index in [0.717, 1.165) is 50.9 Å². The van der Waals surface area contributed by atoms with E-state index in [9.17, 15) is 0 Å². The van der Waals surface area contributed by atoms with Crippen LogP contribution in [0, 0.1) is 5.92 Å². The Labute approximate surface area is 102 Å². The molecule has 0 spiro atoms. The van der Waals surface area contributed by atoms with Gasteiger partial charge >= 0.3 is 0 Å². The fourth-order valence-electron chi connectivity index (χ4n) is 2.24. The molecule has 2 aliphatic rings. The largest absolute Gasteiger partial charge is 0.381 e. The molecule has 1 saturated heterocycles. The SMILES string of the molecule is c1c(CNC2CC2)nnn1CC1CCOCC1. The minimum Gasteiger partial charge on any atom is -0.381 e. The van der Waals surface area contributed by atoms with Crippen molar-refractivity contribution in [3.8, 4) is 0 Å². The van der Waals surface area contributed by atoms with Gasteiger partial charge in [-0.3, -0.25) is 4.68 Å². The topological polar surface area (TPSA) is 52.0 Å². The summed E-state index contributed by atoms with van der Waals surface area (Å²) in [5.74, 6) is 0.703. The van der Waals surface area contributed by atoms with E-state index in [2.05, 4.69) is 21.8 Å². The first-order chi connectivity index (χ1) is 8.40. The Morgan fingerprint density at radius 2 is 2.12 bits per heavy atom. The maximum absolute atomic E-state index is 5.36. The summed E-state index contributed by atoms with van der Waals surface area (Å²) in [6.07, 6.45) is 7.00. The van der Waals surface area contributed by atoms with E-state index in [4.69, 9.17) is 4.74 Å². The first kappa shape index (κ1) is 11.2. The summed E-state index contributed by atoms with van der Waals surface area (Å²) in [6.45, 7) is 3.64. The van der Waals surface area contributed by atoms with Crippen molar-refractivity contribution in [3.05, 3.63) is 11.9 Å². The predicted molar refractivity (Wildman–Crippen MR) is 63.4 cm³/mol. The van der Waals surface area contributed by atoms with Crippen LogP contribution in [0.3, 0.4) is 0 Å². The molecule has 0 aromatic carbocycles. The van der Waals surface area contributed by atoms with E-state index >= 15 is 0 Å². The molecule has 1 aliphatic carbocycles. The van der Waals surface area contributed by atoms with Crippen LogP contribution in [-0.4, -0.2) is 34.2 Å². The number of nitrogens with zero attached hydrogens (tertiary/aromatic N) is 3. The summed E-state index contributed by atoms with van der Waals surface area (Å²) < 4.78 is 7.35. The van der Waals surface area contributed by atoms with Crippen LogP contribution in [0.2, 0.25) is 0 Å². The molecule has 2 heterocycles. The van der Waals surface area contributed by atoms with E-state index in [1.54, 1.807) is 0 Å². The van der Waals surface area contributed by atoms with Crippen LogP contribution < -0.4 is 5.32 Å². The maximum atomic E-state index is 5.36. The van der Waals surface area contributed by atoms with Crippen LogP contribution in [0.25, 0.3) is 0 Å². The van der Waals surface area contributed by atoms with Crippen molar-refractivity contribution >= 4 is 0 Å². The molecule has 0 atom stereocenters. The summed E-state index contributed by atoms with van der Waals surface area (Å²) in [7, 11) is 0. The van der Waals surface area contributed by atoms with Crippen LogP contribution >= 0.6 is 0 Å². The number of hydrogen-bond acceptors (Lipinski definition) is 4. The Balaban J connectivity index is 1.48. The molecule has 0 amide bonds. The Kier molecular flexibility index (Phi) is 3.38. The van der Waals surface area contributed by atoms with Gasteiger partial charge in [0.25, 0.3) is 0 Å². The van der Waals surface area contributed by atoms with Crippen LogP contribution in [0.4, 0.5) is 0 Å². The standard InChI is InChI=1S/C12H20N4O/c1-2-11(1)13-7-12-9-16(15-14-12)8-10-3-5-17-6-4-10/h9-11,13H,1-8H2. The zero-order chi connectivity index (χ0) is 11.5. The van der Waals surface area contributed by atoms with Crippen LogP contribution in [0.5, 0.6) is 0 Å². The molecule has 0 unspecified atom stereocenters. The highest BCUT2D eigenvalue weighted by atomic mass is 16.5. The lowest BCUT2D eigenvalue weighted by molar-refractivity contribution is 0.0600. The minimum absolute atomic E-state index is 0.703. The van der Waals surface area contributed by atoms with E-state index in [-0.39, 0.29) is 0 Å². The normalized spacial score (nSPS) is 21.9. The van der Waals surface area contributed by atoms with E-state index in [1.807, 2.05) is 4.68 Å². The summed E-state index contributed by atoms with van der Waals surface area (Å²) >= 11 is 0. The Hall–Kier alpha value is -0.940. The molecule has 94 valence electrons. The number of rotatable bonds is 5. The molecule has 2 fully saturated rings. The fraction of sp³-hybridized carbons (Fsp3) is 0.833. The van der Waals surface area contributed by atoms with E-state index in [0.29, 0.717) is 5.92 Å². The van der Waals surface area contributed by atoms with Gasteiger partial charge in [-0.15, -0.1) is 5.10 Å². The molecule has 1 saturated carbocycles. The first-order valence-corrected chi connectivity index (χ1v) is 6.60. The smallest absolute Gasteiger partial charge is 0.0964 e. The van der Waals surface area contributed by atoms with Gasteiger partial charge in [-0.1, -0.05) is 5.21 Å². The zero-order valence-corrected chi connectivity index (χ0v) is 10.1. The van der Waals surface area contributed by atoms with Crippen molar-refractivity contribution in [2.45, 2.75) is 44.8 Å². The highest BCUT2D eigenvalue weighted by molar-refractivity contribution is 4.94. The lowest BCUT2D eigenvalue weighted by Gasteiger charge is -2.21. The first-order valence-electron chi connectivity index (χ1n) is 6.60. The van der Waals surface area contributed by atoms with Gasteiger partial charge in [-0.05, 0) is 31.6 Å². The fourth-order valence-corrected chi connectivity index (χ4v) is 2.24. The lowest BCUT2D eigenvalue weighted by Crippen LogP contribution is -2.20. The molecule has 1 aromatic rings. The molecule has 0 bridgehead atoms. The summed E-state index contributed by atoms with van der Waals surface area (Å²) in [5, 5.41) is 11.8. The highest BCUT2D eigenvalue weighted by Crippen LogP contribution is 2.19. The molecule has 5 heteroatoms. The lowest BCUT2D eigenvalue weighted by atomic mass is 10.0. The van der Waals surface area contributed by atoms with Gasteiger partial charge in [0.2, 0.25) is 0 Å². The summed E-state index contributed by atoms with van der Waals surface area (Å²) in [5.41, 5.74) is 1.06. The molecule has 17 heavy (non-hydrogen) atoms. The Morgan fingerprint density at radius 3 is 2.88 bits per heavy atom. The third-order valence-electron chi connectivity index (χ3n) is 3.52. The van der Waals surface area contributed by atoms with E-state index in [1.165, 1.54) is 12.8 Å². The highest BCUT2D eigenvalue weighted by Gasteiger charge is 2.20. The predicted octanol–water partition coefficient (Wildman–Crippen LogP) is 0.957. The zero-order valence-electron chi connectivity index (χ0n) is 10.1. The van der Waals surface area contributed by atoms with Crippen molar-refractivity contribution in [1.29, 1.82) is 0 Å². The van der Waals surface area contributed by atoms with Gasteiger partial charge in [-0.2, -0.15) is 0 Å². The van der Waals surface area contributed by atoms with Crippen molar-refractivity contribution in [1.82, 2.24) is 20.3 Å². The van der Waals surface area contributed by atoms with Crippen molar-refractivity contribution in [3.63, 3.8) is 0 Å².